The SMILES string of the molecule is CCOC(=O)C1=C(C)N=c2s/c(=C\c3cc(I)c(OCc4cccc([N+](=O)[O-])c4)c(OCC)c3)c(=O)n2[C@@H]1c1ccc(OCC(=O)OC)c(OCC)c1. The van der Waals surface area contributed by atoms with Crippen molar-refractivity contribution in [1.29, 1.82) is 0 Å². The van der Waals surface area contributed by atoms with Crippen LogP contribution in [0.5, 0.6) is 23.0 Å². The number of allylic oxidation sites excluding steroid dienone is 1. The average Bonchev–Trinajstić information content (AvgIpc) is 3.43. The van der Waals surface area contributed by atoms with E-state index < -0.39 is 28.5 Å². The third-order valence-corrected chi connectivity index (χ3v) is 9.59. The van der Waals surface area contributed by atoms with Crippen LogP contribution in [0.2, 0.25) is 0 Å². The number of nitro benzene ring substituents is 1. The molecule has 0 saturated carbocycles. The molecule has 0 radical (unpaired) electrons. The van der Waals surface area contributed by atoms with Gasteiger partial charge in [0.2, 0.25) is 0 Å². The third-order valence-electron chi connectivity index (χ3n) is 7.81. The van der Waals surface area contributed by atoms with Gasteiger partial charge in [-0.3, -0.25) is 19.5 Å². The zero-order valence-electron chi connectivity index (χ0n) is 29.5. The number of rotatable bonds is 15. The third kappa shape index (κ3) is 8.88. The summed E-state index contributed by atoms with van der Waals surface area (Å²) in [5, 5.41) is 11.2. The van der Waals surface area contributed by atoms with Gasteiger partial charge in [0.1, 0.15) is 6.61 Å². The number of nitrogens with zero attached hydrogens (tertiary/aromatic N) is 3. The molecule has 2 heterocycles. The number of nitro groups is 1. The van der Waals surface area contributed by atoms with Gasteiger partial charge in [-0.15, -0.1) is 0 Å². The van der Waals surface area contributed by atoms with Crippen molar-refractivity contribution in [2.75, 3.05) is 33.5 Å². The normalized spacial score (nSPS) is 13.8. The standard InChI is InChI=1S/C37H36IN3O11S/c1-6-48-28-18-24(12-13-27(28)51-20-31(42)47-5)33-32(36(44)50-8-3)21(4)39-37-40(33)35(43)30(53-37)17-23-15-26(38)34(29(16-23)49-7-2)52-19-22-10-9-11-25(14-22)41(45)46/h9-18,33H,6-8,19-20H2,1-5H3/b30-17-/t33-/m1/s1. The second kappa shape index (κ2) is 17.5. The highest BCUT2D eigenvalue weighted by molar-refractivity contribution is 14.1. The summed E-state index contributed by atoms with van der Waals surface area (Å²) in [5.41, 5.74) is 1.95. The highest BCUT2D eigenvalue weighted by Crippen LogP contribution is 2.37. The molecule has 0 fully saturated rings. The number of halogens is 1. The second-order valence-electron chi connectivity index (χ2n) is 11.3. The number of fused-ring (bicyclic) bond motifs is 1. The van der Waals surface area contributed by atoms with Gasteiger partial charge < -0.3 is 28.4 Å². The first-order chi connectivity index (χ1) is 25.5. The maximum absolute atomic E-state index is 14.3. The number of benzene rings is 3. The van der Waals surface area contributed by atoms with Crippen molar-refractivity contribution < 1.29 is 42.9 Å². The van der Waals surface area contributed by atoms with E-state index in [1.807, 2.05) is 13.0 Å². The molecule has 0 bridgehead atoms. The van der Waals surface area contributed by atoms with Crippen LogP contribution in [0.4, 0.5) is 5.69 Å². The number of non-ortho nitro benzene ring substituents is 1. The van der Waals surface area contributed by atoms with E-state index in [1.165, 1.54) is 23.8 Å². The lowest BCUT2D eigenvalue weighted by molar-refractivity contribution is -0.384. The molecule has 5 rings (SSSR count). The molecule has 16 heteroatoms. The van der Waals surface area contributed by atoms with Crippen molar-refractivity contribution in [3.63, 3.8) is 0 Å². The van der Waals surface area contributed by atoms with Crippen molar-refractivity contribution in [3.05, 3.63) is 116 Å². The molecule has 14 nitrogen and oxygen atoms in total. The van der Waals surface area contributed by atoms with Crippen LogP contribution >= 0.6 is 33.9 Å². The van der Waals surface area contributed by atoms with Crippen molar-refractivity contribution in [2.24, 2.45) is 4.99 Å². The molecular formula is C37H36IN3O11S. The molecule has 0 N–H and O–H groups in total. The molecule has 278 valence electrons. The van der Waals surface area contributed by atoms with E-state index >= 15 is 0 Å². The van der Waals surface area contributed by atoms with E-state index in [9.17, 15) is 24.5 Å². The van der Waals surface area contributed by atoms with Gasteiger partial charge >= 0.3 is 11.9 Å². The number of hydrogen-bond donors (Lipinski definition) is 0. The van der Waals surface area contributed by atoms with Crippen LogP contribution in [-0.2, 0) is 25.7 Å². The number of aromatic nitrogens is 1. The van der Waals surface area contributed by atoms with Gasteiger partial charge in [-0.2, -0.15) is 0 Å². The predicted octanol–water partition coefficient (Wildman–Crippen LogP) is 5.24. The molecule has 0 spiro atoms. The Bertz CT molecular complexity index is 2260. The molecule has 1 aromatic heterocycles. The fourth-order valence-electron chi connectivity index (χ4n) is 5.53. The first-order valence-corrected chi connectivity index (χ1v) is 18.4. The van der Waals surface area contributed by atoms with E-state index in [4.69, 9.17) is 23.7 Å². The summed E-state index contributed by atoms with van der Waals surface area (Å²) < 4.78 is 36.1. The number of ether oxygens (including phenoxy) is 6. The van der Waals surface area contributed by atoms with Crippen LogP contribution in [0.25, 0.3) is 6.08 Å². The number of hydrogen-bond acceptors (Lipinski definition) is 13. The van der Waals surface area contributed by atoms with Gasteiger partial charge in [0.05, 0.1) is 57.3 Å². The van der Waals surface area contributed by atoms with E-state index in [2.05, 4.69) is 32.3 Å². The molecule has 1 aliphatic heterocycles. The molecule has 0 aliphatic carbocycles. The molecule has 4 aromatic rings. The zero-order valence-corrected chi connectivity index (χ0v) is 32.5. The highest BCUT2D eigenvalue weighted by Gasteiger charge is 2.34. The Balaban J connectivity index is 1.58. The van der Waals surface area contributed by atoms with Crippen molar-refractivity contribution in [3.8, 4) is 23.0 Å². The van der Waals surface area contributed by atoms with Gasteiger partial charge in [-0.05, 0) is 97.3 Å². The maximum Gasteiger partial charge on any atom is 0.343 e. The van der Waals surface area contributed by atoms with Crippen molar-refractivity contribution in [2.45, 2.75) is 40.3 Å². The molecule has 1 atom stereocenters. The van der Waals surface area contributed by atoms with Crippen LogP contribution < -0.4 is 33.8 Å². The molecule has 3 aromatic carbocycles. The van der Waals surface area contributed by atoms with Crippen LogP contribution in [0, 0.1) is 13.7 Å². The van der Waals surface area contributed by atoms with E-state index in [-0.39, 0.29) is 43.4 Å². The van der Waals surface area contributed by atoms with E-state index in [1.54, 1.807) is 63.2 Å². The number of carbonyl (C=O) groups is 2. The number of thiazole rings is 1. The summed E-state index contributed by atoms with van der Waals surface area (Å²) in [5.74, 6) is 0.284. The van der Waals surface area contributed by atoms with Crippen LogP contribution in [0.3, 0.4) is 0 Å². The molecule has 0 unspecified atom stereocenters. The van der Waals surface area contributed by atoms with Gasteiger partial charge in [0.25, 0.3) is 11.2 Å². The highest BCUT2D eigenvalue weighted by atomic mass is 127. The Morgan fingerprint density at radius 1 is 0.981 bits per heavy atom. The maximum atomic E-state index is 14.3. The molecular weight excluding hydrogens is 821 g/mol. The summed E-state index contributed by atoms with van der Waals surface area (Å²) in [6.45, 7) is 7.47. The quantitative estimate of drug-likeness (QED) is 0.0664. The monoisotopic (exact) mass is 857 g/mol. The molecule has 0 amide bonds. The fourth-order valence-corrected chi connectivity index (χ4v) is 7.35. The smallest absolute Gasteiger partial charge is 0.343 e. The van der Waals surface area contributed by atoms with Gasteiger partial charge in [0, 0.05) is 12.1 Å². The Morgan fingerprint density at radius 3 is 2.43 bits per heavy atom. The number of methoxy groups -OCH3 is 1. The Morgan fingerprint density at radius 2 is 1.74 bits per heavy atom. The molecule has 0 saturated heterocycles. The minimum Gasteiger partial charge on any atom is -0.490 e. The van der Waals surface area contributed by atoms with Crippen molar-refractivity contribution >= 4 is 57.6 Å². The first kappa shape index (κ1) is 39.0. The zero-order chi connectivity index (χ0) is 38.2. The van der Waals surface area contributed by atoms with Crippen LogP contribution in [0.15, 0.2) is 75.7 Å². The topological polar surface area (TPSA) is 167 Å². The summed E-state index contributed by atoms with van der Waals surface area (Å²) in [4.78, 5) is 55.3. The second-order valence-corrected chi connectivity index (χ2v) is 13.5. The van der Waals surface area contributed by atoms with Crippen LogP contribution in [-0.4, -0.2) is 55.0 Å². The first-order valence-electron chi connectivity index (χ1n) is 16.5. The van der Waals surface area contributed by atoms with Gasteiger partial charge in [-0.25, -0.2) is 14.6 Å². The lowest BCUT2D eigenvalue weighted by Crippen LogP contribution is -2.40. The Labute approximate surface area is 321 Å². The Kier molecular flexibility index (Phi) is 12.9. The van der Waals surface area contributed by atoms with Crippen molar-refractivity contribution in [1.82, 2.24) is 4.57 Å². The fraction of sp³-hybridized carbons (Fsp3) is 0.297. The molecule has 1 aliphatic rings. The summed E-state index contributed by atoms with van der Waals surface area (Å²) in [6.07, 6.45) is 1.72. The Hall–Kier alpha value is -5.23. The van der Waals surface area contributed by atoms with E-state index in [0.717, 1.165) is 11.3 Å². The van der Waals surface area contributed by atoms with Crippen LogP contribution in [0.1, 0.15) is 50.4 Å². The van der Waals surface area contributed by atoms with E-state index in [0.29, 0.717) is 59.1 Å². The number of esters is 2. The predicted molar refractivity (Wildman–Crippen MR) is 203 cm³/mol. The van der Waals surface area contributed by atoms with Gasteiger partial charge in [-0.1, -0.05) is 29.5 Å². The summed E-state index contributed by atoms with van der Waals surface area (Å²) >= 11 is 3.28. The average molecular weight is 858 g/mol. The summed E-state index contributed by atoms with van der Waals surface area (Å²) in [7, 11) is 1.26. The number of carbonyl (C=O) groups excluding carboxylic acids is 2. The lowest BCUT2D eigenvalue weighted by Gasteiger charge is -2.25. The minimum atomic E-state index is -0.926. The lowest BCUT2D eigenvalue weighted by atomic mass is 9.95. The summed E-state index contributed by atoms with van der Waals surface area (Å²) in [6, 6.07) is 13.8. The van der Waals surface area contributed by atoms with Gasteiger partial charge in [0.15, 0.2) is 34.4 Å². The largest absolute Gasteiger partial charge is 0.490 e. The minimum absolute atomic E-state index is 0.0362. The molecule has 53 heavy (non-hydrogen) atoms.